The molecule has 0 aliphatic heterocycles. The number of ketones is 1. The number of aromatic nitrogens is 1. The molecule has 0 amide bonds. The standard InChI is InChI=1S/C18H21NO3/c1-2-22-18(21)16-10-8-14-15(19-16)9-7-13(17(14)20)11-12-5-3-4-6-12/h8,10-12H,2-7,9H2,1H3/b13-11+. The Balaban J connectivity index is 1.83. The van der Waals surface area contributed by atoms with Gasteiger partial charge in [-0.3, -0.25) is 4.79 Å². The highest BCUT2D eigenvalue weighted by Gasteiger charge is 2.25. The summed E-state index contributed by atoms with van der Waals surface area (Å²) in [6.45, 7) is 2.09. The van der Waals surface area contributed by atoms with Gasteiger partial charge in [-0.15, -0.1) is 0 Å². The van der Waals surface area contributed by atoms with E-state index in [9.17, 15) is 9.59 Å². The van der Waals surface area contributed by atoms with Crippen LogP contribution >= 0.6 is 0 Å². The lowest BCUT2D eigenvalue weighted by molar-refractivity contribution is 0.0518. The van der Waals surface area contributed by atoms with Crippen LogP contribution in [-0.2, 0) is 11.2 Å². The van der Waals surface area contributed by atoms with Crippen molar-refractivity contribution >= 4 is 11.8 Å². The van der Waals surface area contributed by atoms with Crippen molar-refractivity contribution < 1.29 is 14.3 Å². The maximum absolute atomic E-state index is 12.6. The van der Waals surface area contributed by atoms with Gasteiger partial charge >= 0.3 is 5.97 Å². The molecule has 0 spiro atoms. The Morgan fingerprint density at radius 3 is 2.82 bits per heavy atom. The van der Waals surface area contributed by atoms with Crippen LogP contribution in [0.2, 0.25) is 0 Å². The second kappa shape index (κ2) is 6.42. The summed E-state index contributed by atoms with van der Waals surface area (Å²) in [6.07, 6.45) is 8.55. The molecule has 1 aromatic heterocycles. The summed E-state index contributed by atoms with van der Waals surface area (Å²) in [5, 5.41) is 0. The van der Waals surface area contributed by atoms with Gasteiger partial charge in [0.15, 0.2) is 5.78 Å². The summed E-state index contributed by atoms with van der Waals surface area (Å²) in [7, 11) is 0. The Kier molecular flexibility index (Phi) is 4.36. The third kappa shape index (κ3) is 2.96. The van der Waals surface area contributed by atoms with Crippen molar-refractivity contribution in [1.82, 2.24) is 4.98 Å². The van der Waals surface area contributed by atoms with E-state index < -0.39 is 5.97 Å². The molecule has 2 aliphatic carbocycles. The SMILES string of the molecule is CCOC(=O)c1ccc2c(n1)CC/C(=C\C1CCCC1)C2=O. The zero-order chi connectivity index (χ0) is 15.5. The molecule has 3 rings (SSSR count). The molecule has 0 unspecified atom stereocenters. The van der Waals surface area contributed by atoms with E-state index in [-0.39, 0.29) is 11.5 Å². The molecule has 1 aromatic rings. The second-order valence-electron chi connectivity index (χ2n) is 5.98. The fraction of sp³-hybridized carbons (Fsp3) is 0.500. The van der Waals surface area contributed by atoms with Crippen LogP contribution in [0, 0.1) is 5.92 Å². The normalized spacial score (nSPS) is 20.2. The maximum Gasteiger partial charge on any atom is 0.356 e. The first-order chi connectivity index (χ1) is 10.7. The highest BCUT2D eigenvalue weighted by atomic mass is 16.5. The number of hydrogen-bond acceptors (Lipinski definition) is 4. The fourth-order valence-corrected chi connectivity index (χ4v) is 3.32. The summed E-state index contributed by atoms with van der Waals surface area (Å²) in [5.74, 6) is 0.216. The predicted octanol–water partition coefficient (Wildman–Crippen LogP) is 3.50. The highest BCUT2D eigenvalue weighted by molar-refractivity contribution is 6.10. The number of aryl methyl sites for hydroxylation is 1. The molecular weight excluding hydrogens is 278 g/mol. The lowest BCUT2D eigenvalue weighted by Crippen LogP contribution is -2.18. The van der Waals surface area contributed by atoms with Gasteiger partial charge in [0.25, 0.3) is 0 Å². The molecule has 0 bridgehead atoms. The number of pyridine rings is 1. The van der Waals surface area contributed by atoms with E-state index in [2.05, 4.69) is 11.1 Å². The topological polar surface area (TPSA) is 56.3 Å². The zero-order valence-electron chi connectivity index (χ0n) is 12.9. The number of rotatable bonds is 3. The van der Waals surface area contributed by atoms with Gasteiger partial charge in [0.05, 0.1) is 12.3 Å². The lowest BCUT2D eigenvalue weighted by Gasteiger charge is -2.18. The van der Waals surface area contributed by atoms with Gasteiger partial charge in [-0.1, -0.05) is 18.9 Å². The molecule has 1 saturated carbocycles. The first-order valence-corrected chi connectivity index (χ1v) is 8.11. The van der Waals surface area contributed by atoms with E-state index in [4.69, 9.17) is 4.74 Å². The van der Waals surface area contributed by atoms with Crippen molar-refractivity contribution in [3.8, 4) is 0 Å². The van der Waals surface area contributed by atoms with Crippen LogP contribution < -0.4 is 0 Å². The van der Waals surface area contributed by atoms with Gasteiger partial charge in [-0.2, -0.15) is 0 Å². The number of allylic oxidation sites excluding steroid dienone is 2. The van der Waals surface area contributed by atoms with E-state index >= 15 is 0 Å². The number of ether oxygens (including phenoxy) is 1. The first kappa shape index (κ1) is 14.9. The minimum Gasteiger partial charge on any atom is -0.461 e. The van der Waals surface area contributed by atoms with Crippen LogP contribution in [0.15, 0.2) is 23.8 Å². The van der Waals surface area contributed by atoms with E-state index in [1.54, 1.807) is 19.1 Å². The van der Waals surface area contributed by atoms with Crippen molar-refractivity contribution in [2.75, 3.05) is 6.61 Å². The summed E-state index contributed by atoms with van der Waals surface area (Å²) < 4.78 is 4.96. The van der Waals surface area contributed by atoms with Crippen molar-refractivity contribution in [3.63, 3.8) is 0 Å². The molecule has 116 valence electrons. The largest absolute Gasteiger partial charge is 0.461 e. The van der Waals surface area contributed by atoms with E-state index in [0.29, 0.717) is 24.5 Å². The summed E-state index contributed by atoms with van der Waals surface area (Å²) >= 11 is 0. The van der Waals surface area contributed by atoms with E-state index in [0.717, 1.165) is 17.7 Å². The Bertz CT molecular complexity index is 627. The molecule has 0 radical (unpaired) electrons. The Labute approximate surface area is 130 Å². The molecule has 4 heteroatoms. The number of nitrogens with zero attached hydrogens (tertiary/aromatic N) is 1. The summed E-state index contributed by atoms with van der Waals surface area (Å²) in [6, 6.07) is 3.31. The minimum atomic E-state index is -0.426. The summed E-state index contributed by atoms with van der Waals surface area (Å²) in [5.41, 5.74) is 2.57. The van der Waals surface area contributed by atoms with Gasteiger partial charge in [0, 0.05) is 5.56 Å². The Hall–Kier alpha value is -1.97. The number of carbonyl (C=O) groups excluding carboxylic acids is 2. The fourth-order valence-electron chi connectivity index (χ4n) is 3.32. The van der Waals surface area contributed by atoms with Crippen LogP contribution in [-0.4, -0.2) is 23.3 Å². The number of fused-ring (bicyclic) bond motifs is 1. The highest BCUT2D eigenvalue weighted by Crippen LogP contribution is 2.31. The molecule has 22 heavy (non-hydrogen) atoms. The molecular formula is C18H21NO3. The molecule has 0 atom stereocenters. The molecule has 0 saturated heterocycles. The molecule has 4 nitrogen and oxygen atoms in total. The van der Waals surface area contributed by atoms with Gasteiger partial charge in [-0.25, -0.2) is 9.78 Å². The van der Waals surface area contributed by atoms with Crippen LogP contribution in [0.5, 0.6) is 0 Å². The molecule has 0 aromatic carbocycles. The number of carbonyl (C=O) groups is 2. The molecule has 1 fully saturated rings. The second-order valence-corrected chi connectivity index (χ2v) is 5.98. The number of Topliss-reactive ketones (excluding diaryl/α,β-unsaturated/α-hetero) is 1. The minimum absolute atomic E-state index is 0.0797. The van der Waals surface area contributed by atoms with E-state index in [1.165, 1.54) is 25.7 Å². The van der Waals surface area contributed by atoms with Crippen molar-refractivity contribution in [1.29, 1.82) is 0 Å². The van der Waals surface area contributed by atoms with Crippen LogP contribution in [0.3, 0.4) is 0 Å². The van der Waals surface area contributed by atoms with Crippen molar-refractivity contribution in [2.45, 2.75) is 45.4 Å². The molecule has 0 N–H and O–H groups in total. The average molecular weight is 299 g/mol. The van der Waals surface area contributed by atoms with Gasteiger partial charge in [0.2, 0.25) is 0 Å². The predicted molar refractivity (Wildman–Crippen MR) is 82.9 cm³/mol. The zero-order valence-corrected chi connectivity index (χ0v) is 12.9. The van der Waals surface area contributed by atoms with Gasteiger partial charge in [-0.05, 0) is 56.2 Å². The smallest absolute Gasteiger partial charge is 0.356 e. The van der Waals surface area contributed by atoms with Gasteiger partial charge in [0.1, 0.15) is 5.69 Å². The monoisotopic (exact) mass is 299 g/mol. The quantitative estimate of drug-likeness (QED) is 0.633. The third-order valence-electron chi connectivity index (χ3n) is 4.46. The van der Waals surface area contributed by atoms with Crippen LogP contribution in [0.4, 0.5) is 0 Å². The number of hydrogen-bond donors (Lipinski definition) is 0. The molecule has 1 heterocycles. The lowest BCUT2D eigenvalue weighted by atomic mass is 9.87. The Morgan fingerprint density at radius 1 is 1.32 bits per heavy atom. The van der Waals surface area contributed by atoms with Crippen molar-refractivity contribution in [2.24, 2.45) is 5.92 Å². The van der Waals surface area contributed by atoms with Crippen molar-refractivity contribution in [3.05, 3.63) is 40.7 Å². The summed E-state index contributed by atoms with van der Waals surface area (Å²) in [4.78, 5) is 28.6. The van der Waals surface area contributed by atoms with E-state index in [1.807, 2.05) is 0 Å². The van der Waals surface area contributed by atoms with Gasteiger partial charge < -0.3 is 4.74 Å². The maximum atomic E-state index is 12.6. The third-order valence-corrected chi connectivity index (χ3v) is 4.46. The van der Waals surface area contributed by atoms with Crippen LogP contribution in [0.25, 0.3) is 0 Å². The Morgan fingerprint density at radius 2 is 2.09 bits per heavy atom. The molecule has 2 aliphatic rings. The first-order valence-electron chi connectivity index (χ1n) is 8.11. The number of esters is 1. The van der Waals surface area contributed by atoms with Crippen LogP contribution in [0.1, 0.15) is 65.6 Å². The average Bonchev–Trinajstić information content (AvgIpc) is 3.03.